The SMILES string of the molecule is COC(=O)C1CC(O)CN1CCN1CCCc2ccccc21. The number of aliphatic hydroxyl groups is 1. The van der Waals surface area contributed by atoms with Crippen LogP contribution in [0.25, 0.3) is 0 Å². The minimum absolute atomic E-state index is 0.240. The number of nitrogens with zero attached hydrogens (tertiary/aromatic N) is 2. The number of hydrogen-bond acceptors (Lipinski definition) is 5. The number of ether oxygens (including phenoxy) is 1. The minimum Gasteiger partial charge on any atom is -0.468 e. The third kappa shape index (κ3) is 3.10. The van der Waals surface area contributed by atoms with E-state index >= 15 is 0 Å². The zero-order chi connectivity index (χ0) is 15.5. The van der Waals surface area contributed by atoms with Crippen molar-refractivity contribution in [3.63, 3.8) is 0 Å². The van der Waals surface area contributed by atoms with Crippen LogP contribution in [0.1, 0.15) is 18.4 Å². The highest BCUT2D eigenvalue weighted by atomic mass is 16.5. The molecule has 0 aliphatic carbocycles. The second-order valence-corrected chi connectivity index (χ2v) is 6.14. The normalized spacial score (nSPS) is 25.1. The fraction of sp³-hybridized carbons (Fsp3) is 0.588. The van der Waals surface area contributed by atoms with Crippen LogP contribution >= 0.6 is 0 Å². The zero-order valence-electron chi connectivity index (χ0n) is 13.1. The number of para-hydroxylation sites is 1. The first kappa shape index (κ1) is 15.3. The quantitative estimate of drug-likeness (QED) is 0.843. The predicted molar refractivity (Wildman–Crippen MR) is 85.0 cm³/mol. The molecule has 0 spiro atoms. The minimum atomic E-state index is -0.433. The maximum atomic E-state index is 11.8. The summed E-state index contributed by atoms with van der Waals surface area (Å²) in [6, 6.07) is 8.23. The maximum absolute atomic E-state index is 11.8. The molecule has 5 heteroatoms. The number of aryl methyl sites for hydroxylation is 1. The molecule has 1 fully saturated rings. The van der Waals surface area contributed by atoms with E-state index < -0.39 is 6.10 Å². The average molecular weight is 304 g/mol. The second-order valence-electron chi connectivity index (χ2n) is 6.14. The number of rotatable bonds is 4. The van der Waals surface area contributed by atoms with E-state index in [-0.39, 0.29) is 12.0 Å². The van der Waals surface area contributed by atoms with Crippen molar-refractivity contribution < 1.29 is 14.6 Å². The largest absolute Gasteiger partial charge is 0.468 e. The van der Waals surface area contributed by atoms with Gasteiger partial charge in [0.15, 0.2) is 0 Å². The molecule has 2 aliphatic rings. The van der Waals surface area contributed by atoms with E-state index in [0.29, 0.717) is 13.0 Å². The first-order chi connectivity index (χ1) is 10.7. The fourth-order valence-electron chi connectivity index (χ4n) is 3.60. The molecule has 1 saturated heterocycles. The van der Waals surface area contributed by atoms with E-state index in [1.54, 1.807) is 0 Å². The van der Waals surface area contributed by atoms with Crippen LogP contribution in [-0.2, 0) is 16.0 Å². The van der Waals surface area contributed by atoms with Crippen molar-refractivity contribution in [2.24, 2.45) is 0 Å². The lowest BCUT2D eigenvalue weighted by molar-refractivity contribution is -0.145. The Morgan fingerprint density at radius 3 is 3.00 bits per heavy atom. The molecule has 0 radical (unpaired) electrons. The third-order valence-corrected chi connectivity index (χ3v) is 4.72. The number of β-amino-alcohol motifs (C(OH)–C–C–N with tert-alkyl or cyclic N) is 1. The molecule has 22 heavy (non-hydrogen) atoms. The van der Waals surface area contributed by atoms with Crippen molar-refractivity contribution >= 4 is 11.7 Å². The van der Waals surface area contributed by atoms with Crippen LogP contribution in [0.5, 0.6) is 0 Å². The van der Waals surface area contributed by atoms with Gasteiger partial charge in [-0.2, -0.15) is 0 Å². The maximum Gasteiger partial charge on any atom is 0.323 e. The fourth-order valence-corrected chi connectivity index (χ4v) is 3.60. The van der Waals surface area contributed by atoms with Gasteiger partial charge in [0.05, 0.1) is 13.2 Å². The topological polar surface area (TPSA) is 53.0 Å². The molecular weight excluding hydrogens is 280 g/mol. The van der Waals surface area contributed by atoms with Gasteiger partial charge in [0.1, 0.15) is 6.04 Å². The first-order valence-corrected chi connectivity index (χ1v) is 8.02. The number of hydrogen-bond donors (Lipinski definition) is 1. The predicted octanol–water partition coefficient (Wildman–Crippen LogP) is 1.05. The van der Waals surface area contributed by atoms with Crippen LogP contribution in [0.3, 0.4) is 0 Å². The summed E-state index contributed by atoms with van der Waals surface area (Å²) in [7, 11) is 1.41. The molecule has 3 rings (SSSR count). The zero-order valence-corrected chi connectivity index (χ0v) is 13.1. The molecule has 0 aromatic heterocycles. The lowest BCUT2D eigenvalue weighted by Gasteiger charge is -2.33. The van der Waals surface area contributed by atoms with Gasteiger partial charge >= 0.3 is 5.97 Å². The van der Waals surface area contributed by atoms with Crippen molar-refractivity contribution in [2.45, 2.75) is 31.4 Å². The molecule has 5 nitrogen and oxygen atoms in total. The summed E-state index contributed by atoms with van der Waals surface area (Å²) in [6.45, 7) is 3.24. The third-order valence-electron chi connectivity index (χ3n) is 4.72. The van der Waals surface area contributed by atoms with Crippen LogP contribution < -0.4 is 4.90 Å². The standard InChI is InChI=1S/C17H24N2O3/c1-22-17(21)16-11-14(20)12-19(16)10-9-18-8-4-6-13-5-2-3-7-15(13)18/h2-3,5,7,14,16,20H,4,6,8-12H2,1H3. The molecule has 1 aromatic rings. The summed E-state index contributed by atoms with van der Waals surface area (Å²) in [5.41, 5.74) is 2.71. The van der Waals surface area contributed by atoms with E-state index in [1.807, 2.05) is 4.90 Å². The Labute approximate surface area is 131 Å². The number of esters is 1. The molecule has 0 saturated carbocycles. The van der Waals surface area contributed by atoms with Gasteiger partial charge in [0, 0.05) is 38.3 Å². The number of benzene rings is 1. The molecule has 2 aliphatic heterocycles. The van der Waals surface area contributed by atoms with Crippen LogP contribution in [0.4, 0.5) is 5.69 Å². The van der Waals surface area contributed by atoms with Crippen molar-refractivity contribution in [1.82, 2.24) is 4.90 Å². The molecule has 2 atom stereocenters. The highest BCUT2D eigenvalue weighted by Gasteiger charge is 2.36. The Hall–Kier alpha value is -1.59. The number of carbonyl (C=O) groups is 1. The highest BCUT2D eigenvalue weighted by molar-refractivity contribution is 5.76. The second kappa shape index (κ2) is 6.67. The molecule has 0 bridgehead atoms. The van der Waals surface area contributed by atoms with Gasteiger partial charge in [-0.25, -0.2) is 0 Å². The van der Waals surface area contributed by atoms with E-state index in [0.717, 1.165) is 26.1 Å². The van der Waals surface area contributed by atoms with Gasteiger partial charge in [-0.05, 0) is 24.5 Å². The summed E-state index contributed by atoms with van der Waals surface area (Å²) >= 11 is 0. The number of anilines is 1. The lowest BCUT2D eigenvalue weighted by Crippen LogP contribution is -2.43. The summed E-state index contributed by atoms with van der Waals surface area (Å²) in [6.07, 6.45) is 2.35. The Kier molecular flexibility index (Phi) is 4.64. The number of methoxy groups -OCH3 is 1. The van der Waals surface area contributed by atoms with Crippen LogP contribution in [0.15, 0.2) is 24.3 Å². The van der Waals surface area contributed by atoms with Crippen LogP contribution in [0, 0.1) is 0 Å². The summed E-state index contributed by atoms with van der Waals surface area (Å²) in [5.74, 6) is -0.240. The van der Waals surface area contributed by atoms with E-state index in [4.69, 9.17) is 4.74 Å². The van der Waals surface area contributed by atoms with Gasteiger partial charge in [0.2, 0.25) is 0 Å². The van der Waals surface area contributed by atoms with Crippen LogP contribution in [0.2, 0.25) is 0 Å². The van der Waals surface area contributed by atoms with E-state index in [1.165, 1.54) is 24.8 Å². The first-order valence-electron chi connectivity index (χ1n) is 8.02. The van der Waals surface area contributed by atoms with Crippen molar-refractivity contribution in [1.29, 1.82) is 0 Å². The molecule has 1 N–H and O–H groups in total. The number of carbonyl (C=O) groups excluding carboxylic acids is 1. The van der Waals surface area contributed by atoms with Gasteiger partial charge in [-0.1, -0.05) is 18.2 Å². The van der Waals surface area contributed by atoms with Gasteiger partial charge in [0.25, 0.3) is 0 Å². The van der Waals surface area contributed by atoms with Gasteiger partial charge in [-0.3, -0.25) is 9.69 Å². The number of likely N-dealkylation sites (tertiary alicyclic amines) is 1. The molecule has 2 unspecified atom stereocenters. The summed E-state index contributed by atoms with van der Waals surface area (Å²) in [4.78, 5) is 16.3. The number of aliphatic hydroxyl groups excluding tert-OH is 1. The van der Waals surface area contributed by atoms with Crippen molar-refractivity contribution in [3.05, 3.63) is 29.8 Å². The Bertz CT molecular complexity index is 534. The lowest BCUT2D eigenvalue weighted by atomic mass is 10.0. The Morgan fingerprint density at radius 1 is 1.36 bits per heavy atom. The molecule has 2 heterocycles. The molecule has 0 amide bonds. The average Bonchev–Trinajstić information content (AvgIpc) is 2.93. The smallest absolute Gasteiger partial charge is 0.323 e. The van der Waals surface area contributed by atoms with E-state index in [9.17, 15) is 9.90 Å². The highest BCUT2D eigenvalue weighted by Crippen LogP contribution is 2.27. The van der Waals surface area contributed by atoms with Gasteiger partial charge in [-0.15, -0.1) is 0 Å². The van der Waals surface area contributed by atoms with Crippen molar-refractivity contribution in [3.8, 4) is 0 Å². The van der Waals surface area contributed by atoms with Crippen LogP contribution in [-0.4, -0.2) is 61.4 Å². The Balaban J connectivity index is 1.64. The molecule has 120 valence electrons. The van der Waals surface area contributed by atoms with Gasteiger partial charge < -0.3 is 14.7 Å². The van der Waals surface area contributed by atoms with E-state index in [2.05, 4.69) is 29.2 Å². The number of fused-ring (bicyclic) bond motifs is 1. The Morgan fingerprint density at radius 2 is 2.18 bits per heavy atom. The summed E-state index contributed by atoms with van der Waals surface area (Å²) in [5, 5.41) is 9.85. The monoisotopic (exact) mass is 304 g/mol. The summed E-state index contributed by atoms with van der Waals surface area (Å²) < 4.78 is 4.86. The molecular formula is C17H24N2O3. The van der Waals surface area contributed by atoms with Crippen molar-refractivity contribution in [2.75, 3.05) is 38.2 Å². The molecule has 1 aromatic carbocycles.